The Morgan fingerprint density at radius 3 is 2.62 bits per heavy atom. The number of thioether (sulfide) groups is 1. The quantitative estimate of drug-likeness (QED) is 0.288. The molecule has 1 aliphatic heterocycles. The van der Waals surface area contributed by atoms with Gasteiger partial charge in [0, 0.05) is 18.4 Å². The van der Waals surface area contributed by atoms with E-state index >= 15 is 0 Å². The molecule has 2 aromatic carbocycles. The van der Waals surface area contributed by atoms with Crippen LogP contribution >= 0.6 is 11.8 Å². The molecule has 0 aliphatic carbocycles. The molecule has 1 aliphatic rings. The Morgan fingerprint density at radius 1 is 1.12 bits per heavy atom. The van der Waals surface area contributed by atoms with E-state index in [1.165, 1.54) is 23.8 Å². The number of carbonyl (C=O) groups is 2. The van der Waals surface area contributed by atoms with E-state index in [1.807, 2.05) is 30.5 Å². The van der Waals surface area contributed by atoms with E-state index in [1.54, 1.807) is 32.0 Å². The second kappa shape index (κ2) is 10.1. The molecule has 0 bridgehead atoms. The van der Waals surface area contributed by atoms with Crippen LogP contribution in [0.2, 0.25) is 0 Å². The van der Waals surface area contributed by atoms with Crippen molar-refractivity contribution in [3.63, 3.8) is 0 Å². The minimum atomic E-state index is -1.00. The Morgan fingerprint density at radius 2 is 1.91 bits per heavy atom. The molecular weight excluding hydrogens is 456 g/mol. The summed E-state index contributed by atoms with van der Waals surface area (Å²) in [5.41, 5.74) is 2.10. The largest absolute Gasteiger partial charge is 0.497 e. The average molecular weight is 481 g/mol. The van der Waals surface area contributed by atoms with Gasteiger partial charge < -0.3 is 14.2 Å². The first kappa shape index (κ1) is 23.5. The molecule has 1 atom stereocenters. The molecule has 10 heteroatoms. The molecule has 9 nitrogen and oxygen atoms in total. The molecule has 0 saturated heterocycles. The van der Waals surface area contributed by atoms with Gasteiger partial charge in [0.1, 0.15) is 11.5 Å². The highest BCUT2D eigenvalue weighted by Crippen LogP contribution is 2.45. The third kappa shape index (κ3) is 4.41. The topological polar surface area (TPSA) is 104 Å². The first-order valence-corrected chi connectivity index (χ1v) is 12.0. The van der Waals surface area contributed by atoms with Crippen molar-refractivity contribution in [3.05, 3.63) is 48.0 Å². The molecule has 3 aromatic rings. The summed E-state index contributed by atoms with van der Waals surface area (Å²) in [6.45, 7) is 3.48. The number of nitrogens with zero attached hydrogens (tertiary/aromatic N) is 4. The van der Waals surface area contributed by atoms with Gasteiger partial charge in [-0.25, -0.2) is 0 Å². The molecule has 1 amide bonds. The lowest BCUT2D eigenvalue weighted by Crippen LogP contribution is -2.37. The van der Waals surface area contributed by atoms with Gasteiger partial charge in [0.15, 0.2) is 5.69 Å². The maximum absolute atomic E-state index is 13.3. The third-order valence-corrected chi connectivity index (χ3v) is 5.80. The SMILES string of the molecule is CCC(=O)Oc1ccc(OC)cc1C1Oc2nc(SC)nnc2-c2ccccc2N1C(=O)CC. The molecule has 2 heterocycles. The van der Waals surface area contributed by atoms with E-state index in [4.69, 9.17) is 14.2 Å². The van der Waals surface area contributed by atoms with Gasteiger partial charge in [-0.1, -0.05) is 43.8 Å². The van der Waals surface area contributed by atoms with E-state index < -0.39 is 12.2 Å². The average Bonchev–Trinajstić information content (AvgIpc) is 3.02. The Kier molecular flexibility index (Phi) is 6.97. The van der Waals surface area contributed by atoms with Crippen LogP contribution in [-0.4, -0.2) is 40.4 Å². The highest BCUT2D eigenvalue weighted by Gasteiger charge is 2.37. The van der Waals surface area contributed by atoms with Crippen molar-refractivity contribution in [2.24, 2.45) is 0 Å². The molecular formula is C24H24N4O5S. The molecule has 0 saturated carbocycles. The van der Waals surface area contributed by atoms with Crippen molar-refractivity contribution in [2.75, 3.05) is 18.3 Å². The van der Waals surface area contributed by atoms with E-state index in [2.05, 4.69) is 15.2 Å². The lowest BCUT2D eigenvalue weighted by Gasteiger charge is -2.31. The van der Waals surface area contributed by atoms with Gasteiger partial charge >= 0.3 is 5.97 Å². The van der Waals surface area contributed by atoms with Crippen molar-refractivity contribution < 1.29 is 23.8 Å². The smallest absolute Gasteiger partial charge is 0.310 e. The van der Waals surface area contributed by atoms with Crippen molar-refractivity contribution >= 4 is 29.3 Å². The number of para-hydroxylation sites is 1. The first-order valence-electron chi connectivity index (χ1n) is 10.8. The second-order valence-electron chi connectivity index (χ2n) is 7.29. The van der Waals surface area contributed by atoms with Crippen molar-refractivity contribution in [1.82, 2.24) is 15.2 Å². The molecule has 1 unspecified atom stereocenters. The highest BCUT2D eigenvalue weighted by atomic mass is 32.2. The van der Waals surface area contributed by atoms with Crippen molar-refractivity contribution in [3.8, 4) is 28.6 Å². The fraction of sp³-hybridized carbons (Fsp3) is 0.292. The number of methoxy groups -OCH3 is 1. The molecule has 0 spiro atoms. The Bertz CT molecular complexity index is 1240. The zero-order chi connectivity index (χ0) is 24.2. The fourth-order valence-electron chi connectivity index (χ4n) is 3.58. The van der Waals surface area contributed by atoms with Gasteiger partial charge in [-0.15, -0.1) is 10.2 Å². The fourth-order valence-corrected chi connectivity index (χ4v) is 3.87. The first-order chi connectivity index (χ1) is 16.5. The summed E-state index contributed by atoms with van der Waals surface area (Å²) < 4.78 is 17.4. The number of esters is 1. The van der Waals surface area contributed by atoms with E-state index in [0.717, 1.165) is 0 Å². The normalized spacial score (nSPS) is 14.4. The summed E-state index contributed by atoms with van der Waals surface area (Å²) in [6.07, 6.45) is 1.24. The zero-order valence-corrected chi connectivity index (χ0v) is 20.1. The maximum Gasteiger partial charge on any atom is 0.310 e. The summed E-state index contributed by atoms with van der Waals surface area (Å²) >= 11 is 1.32. The standard InChI is InChI=1S/C24H24N4O5S/c1-5-19(29)28-17-10-8-7-9-15(17)21-22(25-24(34-4)27-26-21)33-23(28)16-13-14(31-3)11-12-18(16)32-20(30)6-2/h7-13,23H,5-6H2,1-4H3. The van der Waals surface area contributed by atoms with Gasteiger partial charge in [-0.3, -0.25) is 14.5 Å². The highest BCUT2D eigenvalue weighted by molar-refractivity contribution is 7.98. The monoisotopic (exact) mass is 480 g/mol. The number of hydrogen-bond donors (Lipinski definition) is 0. The number of benzene rings is 2. The van der Waals surface area contributed by atoms with E-state index in [0.29, 0.717) is 33.4 Å². The zero-order valence-electron chi connectivity index (χ0n) is 19.3. The van der Waals surface area contributed by atoms with Crippen molar-refractivity contribution in [1.29, 1.82) is 0 Å². The number of amides is 1. The van der Waals surface area contributed by atoms with Crippen LogP contribution in [0, 0.1) is 0 Å². The molecule has 1 aromatic heterocycles. The van der Waals surface area contributed by atoms with Crippen LogP contribution in [0.15, 0.2) is 47.6 Å². The van der Waals surface area contributed by atoms with E-state index in [9.17, 15) is 9.59 Å². The van der Waals surface area contributed by atoms with Gasteiger partial charge in [0.25, 0.3) is 0 Å². The predicted octanol–water partition coefficient (Wildman–Crippen LogP) is 4.42. The maximum atomic E-state index is 13.3. The van der Waals surface area contributed by atoms with Crippen LogP contribution < -0.4 is 19.1 Å². The lowest BCUT2D eigenvalue weighted by atomic mass is 10.1. The molecule has 176 valence electrons. The summed E-state index contributed by atoms with van der Waals surface area (Å²) in [5, 5.41) is 8.94. The van der Waals surface area contributed by atoms with Gasteiger partial charge in [0.2, 0.25) is 23.2 Å². The number of aromatic nitrogens is 3. The number of hydrogen-bond acceptors (Lipinski definition) is 9. The number of ether oxygens (including phenoxy) is 3. The summed E-state index contributed by atoms with van der Waals surface area (Å²) in [6, 6.07) is 12.3. The predicted molar refractivity (Wildman–Crippen MR) is 127 cm³/mol. The summed E-state index contributed by atoms with van der Waals surface area (Å²) in [7, 11) is 1.53. The second-order valence-corrected chi connectivity index (χ2v) is 8.06. The molecule has 0 fully saturated rings. The van der Waals surface area contributed by atoms with Crippen molar-refractivity contribution in [2.45, 2.75) is 38.1 Å². The molecule has 0 N–H and O–H groups in total. The van der Waals surface area contributed by atoms with Crippen LogP contribution in [0.4, 0.5) is 5.69 Å². The number of rotatable bonds is 6. The van der Waals surface area contributed by atoms with Crippen LogP contribution in [0.1, 0.15) is 38.5 Å². The minimum Gasteiger partial charge on any atom is -0.497 e. The minimum absolute atomic E-state index is 0.189. The summed E-state index contributed by atoms with van der Waals surface area (Å²) in [4.78, 5) is 31.6. The Balaban J connectivity index is 1.99. The molecule has 4 rings (SSSR count). The van der Waals surface area contributed by atoms with Gasteiger partial charge in [-0.2, -0.15) is 4.98 Å². The summed E-state index contributed by atoms with van der Waals surface area (Å²) in [5.74, 6) is 0.391. The lowest BCUT2D eigenvalue weighted by molar-refractivity contribution is -0.134. The molecule has 34 heavy (non-hydrogen) atoms. The Labute approximate surface area is 201 Å². The van der Waals surface area contributed by atoms with Crippen LogP contribution in [0.5, 0.6) is 17.4 Å². The van der Waals surface area contributed by atoms with Crippen LogP contribution in [0.25, 0.3) is 11.3 Å². The number of anilines is 1. The van der Waals surface area contributed by atoms with Gasteiger partial charge in [0.05, 0.1) is 18.4 Å². The van der Waals surface area contributed by atoms with E-state index in [-0.39, 0.29) is 30.4 Å². The van der Waals surface area contributed by atoms with Crippen LogP contribution in [0.3, 0.4) is 0 Å². The third-order valence-electron chi connectivity index (χ3n) is 5.26. The number of carbonyl (C=O) groups excluding carboxylic acids is 2. The van der Waals surface area contributed by atoms with Crippen LogP contribution in [-0.2, 0) is 9.59 Å². The molecule has 0 radical (unpaired) electrons. The van der Waals surface area contributed by atoms with Gasteiger partial charge in [-0.05, 0) is 30.5 Å². The number of fused-ring (bicyclic) bond motifs is 3. The Hall–Kier alpha value is -3.66.